The molecule has 0 aromatic carbocycles. The number of alkyl halides is 18. The molecular weight excluding hydrogens is 818 g/mol. The summed E-state index contributed by atoms with van der Waals surface area (Å²) in [5.41, 5.74) is -14.3. The molecule has 25 heteroatoms. The Bertz CT molecular complexity index is 760. The third-order valence-electron chi connectivity index (χ3n) is 4.95. The Morgan fingerprint density at radius 2 is 0.744 bits per heavy atom. The second-order valence-electron chi connectivity index (χ2n) is 9.79. The molecule has 2 radical (unpaired) electrons. The van der Waals surface area contributed by atoms with E-state index in [4.69, 9.17) is 5.11 Å². The van der Waals surface area contributed by atoms with Gasteiger partial charge in [0.15, 0.2) is 0 Å². The van der Waals surface area contributed by atoms with Crippen molar-refractivity contribution in [1.82, 2.24) is 0 Å². The van der Waals surface area contributed by atoms with Crippen LogP contribution in [0.1, 0.15) is 0 Å². The molecule has 0 aliphatic heterocycles. The fourth-order valence-corrected chi connectivity index (χ4v) is 10.7. The average Bonchev–Trinajstić information content (AvgIpc) is 2.66. The van der Waals surface area contributed by atoms with Crippen LogP contribution in [0, 0.1) is 0 Å². The maximum absolute atomic E-state index is 13.2. The Hall–Kier alpha value is 0.709. The first kappa shape index (κ1) is 45.8. The van der Waals surface area contributed by atoms with Gasteiger partial charge in [-0.25, -0.2) is 0 Å². The molecule has 0 aliphatic rings. The van der Waals surface area contributed by atoms with E-state index in [2.05, 4.69) is 6.15 Å². The van der Waals surface area contributed by atoms with Crippen LogP contribution in [0.4, 0.5) is 79.0 Å². The molecule has 0 unspecified atom stereocenters. The molecule has 0 rings (SSSR count). The summed E-state index contributed by atoms with van der Waals surface area (Å²) in [5, 5.41) is 8.62. The van der Waals surface area contributed by atoms with E-state index in [1.54, 1.807) is 0 Å². The van der Waals surface area contributed by atoms with E-state index < -0.39 is 118 Å². The van der Waals surface area contributed by atoms with Gasteiger partial charge in [-0.1, -0.05) is 0 Å². The minimum atomic E-state index is -6.11. The van der Waals surface area contributed by atoms with Crippen molar-refractivity contribution in [2.75, 3.05) is 58.5 Å². The first-order chi connectivity index (χ1) is 18.5. The van der Waals surface area contributed by atoms with Crippen LogP contribution in [0.25, 0.3) is 0 Å². The molecule has 0 fully saturated rings. The third-order valence-corrected chi connectivity index (χ3v) is 10.9. The first-order valence-corrected chi connectivity index (χ1v) is 21.1. The molecule has 1 N–H and O–H groups in total. The molecule has 43 heavy (non-hydrogen) atoms. The second-order valence-corrected chi connectivity index (χ2v) is 19.4. The normalized spacial score (nSPS) is 15.3. The van der Waals surface area contributed by atoms with Gasteiger partial charge >= 0.3 is 184 Å². The van der Waals surface area contributed by atoms with Crippen molar-refractivity contribution in [2.24, 2.45) is 0 Å². The summed E-state index contributed by atoms with van der Waals surface area (Å²) in [5.74, 6) is 0. The quantitative estimate of drug-likeness (QED) is 0.139. The van der Waals surface area contributed by atoms with E-state index in [1.807, 2.05) is 0 Å². The van der Waals surface area contributed by atoms with Crippen LogP contribution in [0.3, 0.4) is 0 Å². The van der Waals surface area contributed by atoms with Crippen molar-refractivity contribution in [3.63, 3.8) is 0 Å². The Morgan fingerprint density at radius 3 is 0.860 bits per heavy atom. The number of halogens is 18. The summed E-state index contributed by atoms with van der Waals surface area (Å²) in [6.07, 6.45) is -40.4. The van der Waals surface area contributed by atoms with Gasteiger partial charge in [-0.15, -0.1) is 7.92 Å². The number of hydrogen-bond acceptors (Lipinski definition) is 3. The Morgan fingerprint density at radius 1 is 0.512 bits per heavy atom. The van der Waals surface area contributed by atoms with E-state index in [-0.39, 0.29) is 0 Å². The summed E-state index contributed by atoms with van der Waals surface area (Å²) >= 11 is -4.39. The molecular formula is C18H27F18O3P3Sn+2. The molecule has 0 amide bonds. The fourth-order valence-electron chi connectivity index (χ4n) is 2.98. The molecule has 0 atom stereocenters. The van der Waals surface area contributed by atoms with Gasteiger partial charge in [-0.05, 0) is 13.3 Å². The molecule has 0 aliphatic carbocycles. The van der Waals surface area contributed by atoms with E-state index in [1.165, 1.54) is 13.3 Å². The van der Waals surface area contributed by atoms with Crippen LogP contribution in [-0.4, -0.2) is 139 Å². The van der Waals surface area contributed by atoms with Crippen LogP contribution in [0.15, 0.2) is 0 Å². The second kappa shape index (κ2) is 15.3. The van der Waals surface area contributed by atoms with Gasteiger partial charge in [0.25, 0.3) is 5.60 Å². The maximum atomic E-state index is 13.2. The van der Waals surface area contributed by atoms with E-state index in [0.29, 0.717) is 0 Å². The van der Waals surface area contributed by atoms with Gasteiger partial charge < -0.3 is 5.11 Å². The standard InChI is InChI=1S/C6H9F6OP.2C6H8F6OP.Sn/c3*1-14(2)3-4(13,5(7,8)9)6(10,11)12;/h13H,3H2,1-2H3;2*3H2,1-2H3;/q;2*-1;+2/p+2. The SMILES string of the molecule is CP(C)CC(O)(C(F)(F)F)C(F)(F)F.C[PH+](C)CC([O][Sn][O]C(C[PH+](C)C)(C(F)(F)F)C(F)(F)F)(C(F)(F)F)C(F)(F)F. The van der Waals surface area contributed by atoms with Gasteiger partial charge in [-0.3, -0.25) is 0 Å². The molecule has 0 heterocycles. The van der Waals surface area contributed by atoms with Crippen LogP contribution >= 0.6 is 23.8 Å². The molecule has 0 saturated heterocycles. The third kappa shape index (κ3) is 11.7. The van der Waals surface area contributed by atoms with E-state index in [9.17, 15) is 79.0 Å². The van der Waals surface area contributed by atoms with Gasteiger partial charge in [0.05, 0.1) is 0 Å². The minimum absolute atomic E-state index is 1.06. The Kier molecular flexibility index (Phi) is 16.3. The van der Waals surface area contributed by atoms with Crippen molar-refractivity contribution in [2.45, 2.75) is 53.9 Å². The summed E-state index contributed by atoms with van der Waals surface area (Å²) in [7, 11) is -6.16. The fraction of sp³-hybridized carbons (Fsp3) is 1.00. The van der Waals surface area contributed by atoms with Crippen molar-refractivity contribution in [3.8, 4) is 0 Å². The zero-order valence-electron chi connectivity index (χ0n) is 22.6. The first-order valence-electron chi connectivity index (χ1n) is 10.9. The summed E-state index contributed by atoms with van der Waals surface area (Å²) in [4.78, 5) is 0. The summed E-state index contributed by atoms with van der Waals surface area (Å²) < 4.78 is 238. The van der Waals surface area contributed by atoms with Crippen molar-refractivity contribution in [1.29, 1.82) is 0 Å². The van der Waals surface area contributed by atoms with Crippen LogP contribution < -0.4 is 0 Å². The molecule has 0 spiro atoms. The van der Waals surface area contributed by atoms with Gasteiger partial charge in [0.2, 0.25) is 0 Å². The van der Waals surface area contributed by atoms with Crippen LogP contribution in [-0.2, 0) is 6.15 Å². The van der Waals surface area contributed by atoms with Gasteiger partial charge in [-0.2, -0.15) is 26.3 Å². The zero-order valence-corrected chi connectivity index (χ0v) is 28.4. The average molecular weight is 845 g/mol. The Labute approximate surface area is 248 Å². The zero-order chi connectivity index (χ0) is 35.5. The monoisotopic (exact) mass is 846 g/mol. The predicted molar refractivity (Wildman–Crippen MR) is 128 cm³/mol. The number of aliphatic hydroxyl groups is 1. The van der Waals surface area contributed by atoms with E-state index in [0.717, 1.165) is 26.7 Å². The van der Waals surface area contributed by atoms with Gasteiger partial charge in [0, 0.05) is 6.16 Å². The number of rotatable bonds is 10. The van der Waals surface area contributed by atoms with Crippen molar-refractivity contribution < 1.29 is 90.3 Å². The van der Waals surface area contributed by atoms with Gasteiger partial charge in [0.1, 0.15) is 0 Å². The molecule has 0 aromatic rings. The summed E-state index contributed by atoms with van der Waals surface area (Å²) in [6.45, 7) is 6.71. The van der Waals surface area contributed by atoms with Crippen LogP contribution in [0.5, 0.6) is 0 Å². The van der Waals surface area contributed by atoms with Crippen molar-refractivity contribution in [3.05, 3.63) is 0 Å². The molecule has 0 bridgehead atoms. The molecule has 0 aromatic heterocycles. The van der Waals surface area contributed by atoms with Crippen LogP contribution in [0.2, 0.25) is 0 Å². The number of hydrogen-bond donors (Lipinski definition) is 1. The van der Waals surface area contributed by atoms with E-state index >= 15 is 0 Å². The summed E-state index contributed by atoms with van der Waals surface area (Å²) in [6, 6.07) is 0. The Balaban J connectivity index is 0. The molecule has 0 saturated carbocycles. The van der Waals surface area contributed by atoms with Crippen molar-refractivity contribution >= 4 is 45.7 Å². The molecule has 260 valence electrons. The molecule has 3 nitrogen and oxygen atoms in total. The topological polar surface area (TPSA) is 38.7 Å². The predicted octanol–water partition coefficient (Wildman–Crippen LogP) is 7.81.